The first-order chi connectivity index (χ1) is 30.8. The van der Waals surface area contributed by atoms with E-state index in [0.29, 0.717) is 6.54 Å². The second-order valence-corrected chi connectivity index (χ2v) is 22.8. The molecule has 0 saturated carbocycles. The number of hydrogen-bond acceptors (Lipinski definition) is 8. The van der Waals surface area contributed by atoms with Gasteiger partial charge in [0.1, 0.15) is 0 Å². The van der Waals surface area contributed by atoms with E-state index in [1.54, 1.807) is 17.5 Å². The molecule has 66 heavy (non-hydrogen) atoms. The lowest BCUT2D eigenvalue weighted by atomic mass is 9.85. The Morgan fingerprint density at radius 1 is 0.561 bits per heavy atom. The minimum Gasteiger partial charge on any atom is -0.356 e. The van der Waals surface area contributed by atoms with Gasteiger partial charge >= 0.3 is 0 Å². The number of amides is 1. The summed E-state index contributed by atoms with van der Waals surface area (Å²) in [6.45, 7) is 33.3. The number of aromatic amines is 2. The monoisotopic (exact) mass is 905 g/mol. The molecule has 0 unspecified atom stereocenters. The molecule has 10 rings (SSSR count). The van der Waals surface area contributed by atoms with E-state index >= 15 is 0 Å². The zero-order chi connectivity index (χ0) is 48.2. The third-order valence-corrected chi connectivity index (χ3v) is 12.0. The topological polar surface area (TPSA) is 138 Å². The highest BCUT2D eigenvalue weighted by atomic mass is 32.1. The average molecular weight is 905 g/mol. The largest absolute Gasteiger partial charge is 0.356 e. The lowest BCUT2D eigenvalue weighted by Crippen LogP contribution is -2.14. The van der Waals surface area contributed by atoms with Crippen molar-refractivity contribution in [1.29, 1.82) is 0 Å². The van der Waals surface area contributed by atoms with Crippen LogP contribution < -0.4 is 5.32 Å². The molecule has 0 atom stereocenters. The zero-order valence-electron chi connectivity index (χ0n) is 41.6. The van der Waals surface area contributed by atoms with Gasteiger partial charge in [-0.1, -0.05) is 158 Å². The highest BCUT2D eigenvalue weighted by molar-refractivity contribution is 7.16. The van der Waals surface area contributed by atoms with E-state index in [1.807, 2.05) is 72.2 Å². The number of carbonyl (C=O) groups is 1. The summed E-state index contributed by atoms with van der Waals surface area (Å²) in [7, 11) is 0. The zero-order valence-corrected chi connectivity index (χ0v) is 42.4. The summed E-state index contributed by atoms with van der Waals surface area (Å²) in [6, 6.07) is 32.8. The minimum absolute atomic E-state index is 0.0482. The molecule has 6 heterocycles. The van der Waals surface area contributed by atoms with Gasteiger partial charge in [0, 0.05) is 56.4 Å². The number of aromatic nitrogens is 7. The molecule has 0 radical (unpaired) electrons. The van der Waals surface area contributed by atoms with Gasteiger partial charge in [-0.3, -0.25) is 15.0 Å². The molecular formula is C55H68N8O2S. The summed E-state index contributed by atoms with van der Waals surface area (Å²) in [5.74, 6) is 0.0612. The molecule has 0 fully saturated rings. The van der Waals surface area contributed by atoms with E-state index in [1.165, 1.54) is 26.9 Å². The molecule has 0 spiro atoms. The first-order valence-corrected chi connectivity index (χ1v) is 23.5. The van der Waals surface area contributed by atoms with Gasteiger partial charge in [0.25, 0.3) is 5.91 Å². The van der Waals surface area contributed by atoms with Crippen molar-refractivity contribution in [3.8, 4) is 0 Å². The van der Waals surface area contributed by atoms with Crippen LogP contribution in [0.15, 0.2) is 113 Å². The van der Waals surface area contributed by atoms with Gasteiger partial charge in [0.15, 0.2) is 11.2 Å². The fraction of sp³-hybridized carbons (Fsp3) is 0.382. The summed E-state index contributed by atoms with van der Waals surface area (Å²) in [5.41, 5.74) is 14.3. The number of hydrogen-bond donors (Lipinski definition) is 3. The van der Waals surface area contributed by atoms with Gasteiger partial charge in [-0.2, -0.15) is 10.2 Å². The van der Waals surface area contributed by atoms with Crippen molar-refractivity contribution in [1.82, 2.24) is 40.8 Å². The van der Waals surface area contributed by atoms with Crippen molar-refractivity contribution >= 4 is 60.4 Å². The van der Waals surface area contributed by atoms with Gasteiger partial charge in [-0.15, -0.1) is 11.3 Å². The molecule has 4 aromatic carbocycles. The van der Waals surface area contributed by atoms with Crippen LogP contribution in [-0.2, 0) is 33.6 Å². The third kappa shape index (κ3) is 12.0. The lowest BCUT2D eigenvalue weighted by molar-refractivity contribution is 0.0965. The second-order valence-electron chi connectivity index (χ2n) is 22.0. The van der Waals surface area contributed by atoms with E-state index in [2.05, 4.69) is 175 Å². The third-order valence-electron chi connectivity index (χ3n) is 11.2. The molecule has 3 N–H and O–H groups in total. The lowest BCUT2D eigenvalue weighted by Gasteiger charge is -2.19. The predicted octanol–water partition coefficient (Wildman–Crippen LogP) is 14.1. The first kappa shape index (κ1) is 49.2. The van der Waals surface area contributed by atoms with Crippen molar-refractivity contribution in [2.24, 2.45) is 0 Å². The van der Waals surface area contributed by atoms with Crippen molar-refractivity contribution in [3.05, 3.63) is 148 Å². The molecular weight excluding hydrogens is 837 g/mol. The molecule has 11 heteroatoms. The van der Waals surface area contributed by atoms with Crippen LogP contribution in [0.25, 0.3) is 43.1 Å². The maximum Gasteiger partial charge on any atom is 0.251 e. The normalized spacial score (nSPS) is 12.9. The Labute approximate surface area is 394 Å². The van der Waals surface area contributed by atoms with Crippen molar-refractivity contribution in [3.63, 3.8) is 0 Å². The van der Waals surface area contributed by atoms with Crippen LogP contribution >= 0.6 is 11.3 Å². The maximum absolute atomic E-state index is 11.4. The number of thiazole rings is 1. The standard InChI is InChI=1S/C12H15NO.C11H14N2.C11H13NO.C11H13NS.C10H13N3/c1-12(2,3)9-5-4-8-7-13-11(14)10(8)6-9;1-11(2,3)10-8-6-4-5-7-9(8)12-13-10;1-11(2,3)10-8-6-4-5-7-9(8)13-12-10;1-11(2,3)8-4-5-9-10(6-8)13-7-12-9;1-10(2,3)8-7-5-4-6-11-9(7)13-12-8/h4-6H,7H2,1-3H3,(H,13,14);4-7H,1-3H3,(H,12,13);2*4-7H,1-3H3;4-6H,1-3H3,(H,11,12,13). The molecule has 0 bridgehead atoms. The highest BCUT2D eigenvalue weighted by Gasteiger charge is 2.24. The molecule has 0 saturated heterocycles. The first-order valence-electron chi connectivity index (χ1n) is 22.7. The Bertz CT molecular complexity index is 2840. The summed E-state index contributed by atoms with van der Waals surface area (Å²) < 4.78 is 6.51. The number of para-hydroxylation sites is 2. The highest BCUT2D eigenvalue weighted by Crippen LogP contribution is 2.31. The van der Waals surface area contributed by atoms with E-state index < -0.39 is 0 Å². The maximum atomic E-state index is 11.4. The Kier molecular flexibility index (Phi) is 14.4. The fourth-order valence-corrected chi connectivity index (χ4v) is 8.10. The number of rotatable bonds is 0. The molecule has 9 aromatic rings. The number of nitrogens with zero attached hydrogens (tertiary/aromatic N) is 5. The SMILES string of the molecule is CC(C)(C)c1[nH]nc2ccccc12.CC(C)(C)c1[nH]nc2ncccc12.CC(C)(C)c1ccc2c(c1)C(=O)NC2.CC(C)(C)c1ccc2ncsc2c1.CC(C)(C)c1noc2ccccc12. The van der Waals surface area contributed by atoms with Gasteiger partial charge in [0.05, 0.1) is 32.6 Å². The van der Waals surface area contributed by atoms with Crippen LogP contribution in [0, 0.1) is 0 Å². The molecule has 1 aliphatic rings. The Morgan fingerprint density at radius 3 is 1.82 bits per heavy atom. The van der Waals surface area contributed by atoms with Crippen LogP contribution in [0.4, 0.5) is 0 Å². The van der Waals surface area contributed by atoms with Crippen LogP contribution in [0.1, 0.15) is 148 Å². The minimum atomic E-state index is 0.0482. The smallest absolute Gasteiger partial charge is 0.251 e. The van der Waals surface area contributed by atoms with Crippen molar-refractivity contribution in [2.75, 3.05) is 0 Å². The molecule has 1 aliphatic heterocycles. The number of nitrogens with one attached hydrogen (secondary N) is 3. The van der Waals surface area contributed by atoms with Crippen LogP contribution in [0.5, 0.6) is 0 Å². The quantitative estimate of drug-likeness (QED) is 0.138. The van der Waals surface area contributed by atoms with Gasteiger partial charge in [0.2, 0.25) is 0 Å². The number of benzene rings is 4. The van der Waals surface area contributed by atoms with Crippen molar-refractivity contribution < 1.29 is 9.32 Å². The van der Waals surface area contributed by atoms with Crippen LogP contribution in [0.2, 0.25) is 0 Å². The average Bonchev–Trinajstić information content (AvgIpc) is 4.09. The van der Waals surface area contributed by atoms with E-state index in [9.17, 15) is 4.79 Å². The number of H-pyrrole nitrogens is 2. The second kappa shape index (κ2) is 19.3. The number of fused-ring (bicyclic) bond motifs is 5. The Balaban J connectivity index is 0.000000136. The van der Waals surface area contributed by atoms with Gasteiger partial charge in [-0.05, 0) is 76.1 Å². The van der Waals surface area contributed by atoms with Gasteiger partial charge in [-0.25, -0.2) is 9.97 Å². The molecule has 5 aromatic heterocycles. The number of carbonyl (C=O) groups excluding carboxylic acids is 1. The van der Waals surface area contributed by atoms with Gasteiger partial charge < -0.3 is 9.84 Å². The Hall–Kier alpha value is -6.20. The van der Waals surface area contributed by atoms with Crippen LogP contribution in [0.3, 0.4) is 0 Å². The summed E-state index contributed by atoms with van der Waals surface area (Å²) in [5, 5.41) is 24.9. The number of pyridine rings is 1. The molecule has 346 valence electrons. The molecule has 0 aliphatic carbocycles. The van der Waals surface area contributed by atoms with Crippen molar-refractivity contribution in [2.45, 2.75) is 137 Å². The van der Waals surface area contributed by atoms with E-state index in [0.717, 1.165) is 55.6 Å². The van der Waals surface area contributed by atoms with E-state index in [-0.39, 0.29) is 33.0 Å². The Morgan fingerprint density at radius 2 is 1.15 bits per heavy atom. The summed E-state index contributed by atoms with van der Waals surface area (Å²) in [4.78, 5) is 19.9. The van der Waals surface area contributed by atoms with E-state index in [4.69, 9.17) is 4.52 Å². The van der Waals surface area contributed by atoms with Crippen LogP contribution in [-0.4, -0.2) is 41.4 Å². The summed E-state index contributed by atoms with van der Waals surface area (Å²) in [6.07, 6.45) is 1.76. The predicted molar refractivity (Wildman–Crippen MR) is 275 cm³/mol. The fourth-order valence-electron chi connectivity index (χ4n) is 7.38. The summed E-state index contributed by atoms with van der Waals surface area (Å²) >= 11 is 1.71. The molecule has 10 nitrogen and oxygen atoms in total. The molecule has 1 amide bonds.